The fourth-order valence-electron chi connectivity index (χ4n) is 1.81. The molecular formula is C14H12O5. The van der Waals surface area contributed by atoms with Crippen molar-refractivity contribution < 1.29 is 24.2 Å². The van der Waals surface area contributed by atoms with Crippen LogP contribution in [0.5, 0.6) is 0 Å². The standard InChI is InChI=1S/C14H12O5/c15-13(16)10(8-9-4-2-1-3-5-9)11-6-7-12(19-11)14(17)18/h1-7,10H,8H2,(H,15,16)(H,17,18). The summed E-state index contributed by atoms with van der Waals surface area (Å²) in [7, 11) is 0. The SMILES string of the molecule is O=C(O)c1ccc(C(Cc2ccccc2)C(=O)O)o1. The molecule has 0 radical (unpaired) electrons. The van der Waals surface area contributed by atoms with Gasteiger partial charge in [0.15, 0.2) is 0 Å². The fraction of sp³-hybridized carbons (Fsp3) is 0.143. The van der Waals surface area contributed by atoms with E-state index < -0.39 is 17.9 Å². The predicted octanol–water partition coefficient (Wildman–Crippen LogP) is 2.39. The third-order valence-electron chi connectivity index (χ3n) is 2.76. The molecule has 1 unspecified atom stereocenters. The largest absolute Gasteiger partial charge is 0.481 e. The van der Waals surface area contributed by atoms with Crippen LogP contribution in [0.25, 0.3) is 0 Å². The predicted molar refractivity (Wildman–Crippen MR) is 66.2 cm³/mol. The van der Waals surface area contributed by atoms with Crippen molar-refractivity contribution in [1.82, 2.24) is 0 Å². The molecule has 1 atom stereocenters. The Morgan fingerprint density at radius 2 is 1.74 bits per heavy atom. The Morgan fingerprint density at radius 3 is 2.26 bits per heavy atom. The van der Waals surface area contributed by atoms with Gasteiger partial charge in [-0.05, 0) is 24.1 Å². The van der Waals surface area contributed by atoms with Crippen molar-refractivity contribution in [2.45, 2.75) is 12.3 Å². The minimum atomic E-state index is -1.21. The number of aromatic carboxylic acids is 1. The summed E-state index contributed by atoms with van der Waals surface area (Å²) in [5, 5.41) is 18.0. The molecule has 1 heterocycles. The topological polar surface area (TPSA) is 87.7 Å². The smallest absolute Gasteiger partial charge is 0.371 e. The van der Waals surface area contributed by atoms with Crippen molar-refractivity contribution >= 4 is 11.9 Å². The average Bonchev–Trinajstić information content (AvgIpc) is 2.86. The minimum absolute atomic E-state index is 0.147. The van der Waals surface area contributed by atoms with Crippen LogP contribution in [-0.4, -0.2) is 22.2 Å². The molecule has 0 aliphatic heterocycles. The van der Waals surface area contributed by atoms with Crippen LogP contribution in [0.15, 0.2) is 46.9 Å². The highest BCUT2D eigenvalue weighted by Gasteiger charge is 2.24. The summed E-state index contributed by atoms with van der Waals surface area (Å²) < 4.78 is 5.06. The Kier molecular flexibility index (Phi) is 3.66. The lowest BCUT2D eigenvalue weighted by Gasteiger charge is -2.09. The fourth-order valence-corrected chi connectivity index (χ4v) is 1.81. The number of benzene rings is 1. The molecule has 0 aliphatic carbocycles. The van der Waals surface area contributed by atoms with Crippen molar-refractivity contribution in [1.29, 1.82) is 0 Å². The van der Waals surface area contributed by atoms with Gasteiger partial charge in [0.25, 0.3) is 0 Å². The van der Waals surface area contributed by atoms with E-state index in [2.05, 4.69) is 0 Å². The molecule has 2 aromatic rings. The van der Waals surface area contributed by atoms with Crippen molar-refractivity contribution in [3.63, 3.8) is 0 Å². The van der Waals surface area contributed by atoms with E-state index >= 15 is 0 Å². The minimum Gasteiger partial charge on any atom is -0.481 e. The molecule has 0 amide bonds. The molecule has 0 saturated carbocycles. The number of hydrogen-bond donors (Lipinski definition) is 2. The van der Waals surface area contributed by atoms with Gasteiger partial charge in [-0.1, -0.05) is 30.3 Å². The number of hydrogen-bond acceptors (Lipinski definition) is 3. The van der Waals surface area contributed by atoms with Crippen LogP contribution in [0, 0.1) is 0 Å². The molecule has 0 bridgehead atoms. The maximum Gasteiger partial charge on any atom is 0.371 e. The summed E-state index contributed by atoms with van der Waals surface area (Å²) in [6.07, 6.45) is 0.253. The molecule has 5 nitrogen and oxygen atoms in total. The van der Waals surface area contributed by atoms with Crippen molar-refractivity contribution in [3.05, 3.63) is 59.5 Å². The van der Waals surface area contributed by atoms with Gasteiger partial charge in [-0.25, -0.2) is 4.79 Å². The molecule has 1 aromatic carbocycles. The number of rotatable bonds is 5. The molecule has 0 spiro atoms. The summed E-state index contributed by atoms with van der Waals surface area (Å²) in [5.41, 5.74) is 0.850. The lowest BCUT2D eigenvalue weighted by molar-refractivity contribution is -0.139. The van der Waals surface area contributed by atoms with Crippen LogP contribution < -0.4 is 0 Å². The zero-order valence-corrected chi connectivity index (χ0v) is 9.95. The number of aliphatic carboxylic acids is 1. The molecule has 19 heavy (non-hydrogen) atoms. The van der Waals surface area contributed by atoms with Crippen LogP contribution in [0.2, 0.25) is 0 Å². The van der Waals surface area contributed by atoms with E-state index in [-0.39, 0.29) is 17.9 Å². The summed E-state index contributed by atoms with van der Waals surface area (Å²) in [6, 6.07) is 11.8. The molecule has 5 heteroatoms. The molecule has 0 aliphatic rings. The molecule has 0 fully saturated rings. The Hall–Kier alpha value is -2.56. The maximum absolute atomic E-state index is 11.3. The van der Waals surface area contributed by atoms with Gasteiger partial charge in [-0.15, -0.1) is 0 Å². The van der Waals surface area contributed by atoms with E-state index in [9.17, 15) is 14.7 Å². The maximum atomic E-state index is 11.3. The number of carbonyl (C=O) groups is 2. The van der Waals surface area contributed by atoms with E-state index in [1.807, 2.05) is 30.3 Å². The molecule has 2 rings (SSSR count). The van der Waals surface area contributed by atoms with Crippen LogP contribution in [-0.2, 0) is 11.2 Å². The highest BCUT2D eigenvalue weighted by Crippen LogP contribution is 2.23. The van der Waals surface area contributed by atoms with Gasteiger partial charge >= 0.3 is 11.9 Å². The van der Waals surface area contributed by atoms with E-state index in [0.717, 1.165) is 5.56 Å². The summed E-state index contributed by atoms with van der Waals surface area (Å²) >= 11 is 0. The molecule has 98 valence electrons. The van der Waals surface area contributed by atoms with Gasteiger partial charge in [-0.3, -0.25) is 4.79 Å². The number of carboxylic acids is 2. The second kappa shape index (κ2) is 5.39. The average molecular weight is 260 g/mol. The third-order valence-corrected chi connectivity index (χ3v) is 2.76. The first-order chi connectivity index (χ1) is 9.08. The van der Waals surface area contributed by atoms with Crippen LogP contribution in [0.1, 0.15) is 27.8 Å². The lowest BCUT2D eigenvalue weighted by Crippen LogP contribution is -2.13. The van der Waals surface area contributed by atoms with Gasteiger partial charge in [0.1, 0.15) is 11.7 Å². The van der Waals surface area contributed by atoms with Crippen LogP contribution in [0.4, 0.5) is 0 Å². The Labute approximate surface area is 109 Å². The highest BCUT2D eigenvalue weighted by atomic mass is 16.4. The Balaban J connectivity index is 2.25. The van der Waals surface area contributed by atoms with Crippen LogP contribution in [0.3, 0.4) is 0 Å². The highest BCUT2D eigenvalue weighted by molar-refractivity contribution is 5.84. The number of furan rings is 1. The summed E-state index contributed by atoms with van der Waals surface area (Å²) in [5.74, 6) is -3.26. The second-order valence-electron chi connectivity index (χ2n) is 4.09. The zero-order valence-electron chi connectivity index (χ0n) is 9.95. The van der Waals surface area contributed by atoms with Crippen LogP contribution >= 0.6 is 0 Å². The third kappa shape index (κ3) is 3.01. The van der Waals surface area contributed by atoms with E-state index in [1.165, 1.54) is 12.1 Å². The van der Waals surface area contributed by atoms with Gasteiger partial charge in [0.2, 0.25) is 5.76 Å². The first kappa shape index (κ1) is 12.9. The molecular weight excluding hydrogens is 248 g/mol. The van der Waals surface area contributed by atoms with Gasteiger partial charge in [0, 0.05) is 0 Å². The summed E-state index contributed by atoms with van der Waals surface area (Å²) in [4.78, 5) is 22.0. The van der Waals surface area contributed by atoms with Crippen molar-refractivity contribution in [2.24, 2.45) is 0 Å². The Bertz CT molecular complexity index is 585. The second-order valence-corrected chi connectivity index (χ2v) is 4.09. The lowest BCUT2D eigenvalue weighted by atomic mass is 9.97. The number of carboxylic acid groups (broad SMARTS) is 2. The molecule has 0 saturated heterocycles. The molecule has 2 N–H and O–H groups in total. The first-order valence-corrected chi connectivity index (χ1v) is 5.67. The molecule has 1 aromatic heterocycles. The first-order valence-electron chi connectivity index (χ1n) is 5.67. The quantitative estimate of drug-likeness (QED) is 0.861. The van der Waals surface area contributed by atoms with Gasteiger partial charge in [0.05, 0.1) is 0 Å². The van der Waals surface area contributed by atoms with E-state index in [1.54, 1.807) is 0 Å². The van der Waals surface area contributed by atoms with Gasteiger partial charge in [-0.2, -0.15) is 0 Å². The monoisotopic (exact) mass is 260 g/mol. The van der Waals surface area contributed by atoms with E-state index in [4.69, 9.17) is 9.52 Å². The van der Waals surface area contributed by atoms with Crippen molar-refractivity contribution in [2.75, 3.05) is 0 Å². The zero-order chi connectivity index (χ0) is 13.8. The summed E-state index contributed by atoms with van der Waals surface area (Å²) in [6.45, 7) is 0. The van der Waals surface area contributed by atoms with Gasteiger partial charge < -0.3 is 14.6 Å². The van der Waals surface area contributed by atoms with Crippen molar-refractivity contribution in [3.8, 4) is 0 Å². The Morgan fingerprint density at radius 1 is 1.05 bits per heavy atom. The van der Waals surface area contributed by atoms with E-state index in [0.29, 0.717) is 0 Å². The normalized spacial score (nSPS) is 12.0.